The molecule has 2 fully saturated rings. The van der Waals surface area contributed by atoms with Gasteiger partial charge in [0.15, 0.2) is 0 Å². The minimum absolute atomic E-state index is 0.0470. The van der Waals surface area contributed by atoms with Crippen LogP contribution in [0.1, 0.15) is 45.9 Å². The SMILES string of the molecule is O=C(c1ccc(CN2CCN(C(c3ccc(F)cc3)c3ccc(F)cc3)CC2)cc1)N1CCCC1. The van der Waals surface area contributed by atoms with Crippen molar-refractivity contribution in [3.05, 3.63) is 107 Å². The van der Waals surface area contributed by atoms with Crippen LogP contribution < -0.4 is 0 Å². The molecule has 4 nitrogen and oxygen atoms in total. The number of carbonyl (C=O) groups is 1. The lowest BCUT2D eigenvalue weighted by Crippen LogP contribution is -2.47. The molecule has 182 valence electrons. The zero-order valence-electron chi connectivity index (χ0n) is 19.9. The fourth-order valence-electron chi connectivity index (χ4n) is 5.20. The van der Waals surface area contributed by atoms with Gasteiger partial charge in [-0.15, -0.1) is 0 Å². The van der Waals surface area contributed by atoms with E-state index in [0.29, 0.717) is 0 Å². The summed E-state index contributed by atoms with van der Waals surface area (Å²) in [6.07, 6.45) is 2.19. The number of amides is 1. The maximum atomic E-state index is 13.6. The quantitative estimate of drug-likeness (QED) is 0.496. The molecule has 3 aromatic carbocycles. The third kappa shape index (κ3) is 5.60. The van der Waals surface area contributed by atoms with Crippen molar-refractivity contribution in [2.45, 2.75) is 25.4 Å². The number of likely N-dealkylation sites (tertiary alicyclic amines) is 1. The fraction of sp³-hybridized carbons (Fsp3) is 0.345. The Morgan fingerprint density at radius 1 is 0.686 bits per heavy atom. The molecule has 0 aliphatic carbocycles. The lowest BCUT2D eigenvalue weighted by atomic mass is 9.96. The third-order valence-corrected chi connectivity index (χ3v) is 7.14. The molecule has 2 aliphatic rings. The molecule has 0 saturated carbocycles. The van der Waals surface area contributed by atoms with Gasteiger partial charge in [0, 0.05) is 51.4 Å². The van der Waals surface area contributed by atoms with Crippen LogP contribution in [0.15, 0.2) is 72.8 Å². The number of hydrogen-bond donors (Lipinski definition) is 0. The molecule has 0 aromatic heterocycles. The molecule has 2 heterocycles. The first-order chi connectivity index (χ1) is 17.1. The van der Waals surface area contributed by atoms with Gasteiger partial charge in [0.2, 0.25) is 0 Å². The second-order valence-electron chi connectivity index (χ2n) is 9.51. The predicted octanol–water partition coefficient (Wildman–Crippen LogP) is 5.11. The third-order valence-electron chi connectivity index (χ3n) is 7.14. The Bertz CT molecular complexity index is 1070. The molecule has 2 aliphatic heterocycles. The molecule has 1 amide bonds. The van der Waals surface area contributed by atoms with Crippen LogP contribution in [0.2, 0.25) is 0 Å². The predicted molar refractivity (Wildman–Crippen MR) is 133 cm³/mol. The number of halogens is 2. The summed E-state index contributed by atoms with van der Waals surface area (Å²) in [5.41, 5.74) is 3.97. The summed E-state index contributed by atoms with van der Waals surface area (Å²) in [5, 5.41) is 0. The Morgan fingerprint density at radius 2 is 1.20 bits per heavy atom. The van der Waals surface area contributed by atoms with E-state index in [0.717, 1.165) is 75.3 Å². The first-order valence-electron chi connectivity index (χ1n) is 12.4. The Hall–Kier alpha value is -3.09. The van der Waals surface area contributed by atoms with Gasteiger partial charge in [-0.05, 0) is 65.9 Å². The van der Waals surface area contributed by atoms with Gasteiger partial charge in [-0.2, -0.15) is 0 Å². The zero-order valence-corrected chi connectivity index (χ0v) is 19.9. The lowest BCUT2D eigenvalue weighted by Gasteiger charge is -2.40. The molecule has 0 unspecified atom stereocenters. The van der Waals surface area contributed by atoms with Gasteiger partial charge in [0.05, 0.1) is 6.04 Å². The molecule has 0 atom stereocenters. The van der Waals surface area contributed by atoms with Crippen molar-refractivity contribution in [2.24, 2.45) is 0 Å². The molecular weight excluding hydrogens is 444 g/mol. The molecule has 0 radical (unpaired) electrons. The number of rotatable bonds is 6. The van der Waals surface area contributed by atoms with E-state index in [9.17, 15) is 13.6 Å². The first-order valence-corrected chi connectivity index (χ1v) is 12.4. The fourth-order valence-corrected chi connectivity index (χ4v) is 5.20. The summed E-state index contributed by atoms with van der Waals surface area (Å²) < 4.78 is 27.1. The molecule has 35 heavy (non-hydrogen) atoms. The van der Waals surface area contributed by atoms with E-state index in [2.05, 4.69) is 21.9 Å². The van der Waals surface area contributed by atoms with Gasteiger partial charge in [-0.3, -0.25) is 14.6 Å². The van der Waals surface area contributed by atoms with Gasteiger partial charge >= 0.3 is 0 Å². The van der Waals surface area contributed by atoms with E-state index in [1.807, 2.05) is 41.3 Å². The smallest absolute Gasteiger partial charge is 0.253 e. The lowest BCUT2D eigenvalue weighted by molar-refractivity contribution is 0.0792. The first kappa shape index (κ1) is 23.6. The summed E-state index contributed by atoms with van der Waals surface area (Å²) in [5.74, 6) is -0.385. The van der Waals surface area contributed by atoms with Gasteiger partial charge < -0.3 is 4.90 Å². The Kier molecular flexibility index (Phi) is 7.21. The van der Waals surface area contributed by atoms with Gasteiger partial charge in [-0.25, -0.2) is 8.78 Å². The van der Waals surface area contributed by atoms with Crippen molar-refractivity contribution in [1.29, 1.82) is 0 Å². The summed E-state index contributed by atoms with van der Waals surface area (Å²) in [4.78, 5) is 19.3. The van der Waals surface area contributed by atoms with E-state index in [4.69, 9.17) is 0 Å². The minimum atomic E-state index is -0.260. The topological polar surface area (TPSA) is 26.8 Å². The van der Waals surface area contributed by atoms with Crippen LogP contribution in [0.4, 0.5) is 8.78 Å². The summed E-state index contributed by atoms with van der Waals surface area (Å²) in [6, 6.07) is 21.2. The number of hydrogen-bond acceptors (Lipinski definition) is 3. The van der Waals surface area contributed by atoms with E-state index >= 15 is 0 Å². The van der Waals surface area contributed by atoms with Crippen molar-refractivity contribution in [3.63, 3.8) is 0 Å². The zero-order chi connectivity index (χ0) is 24.2. The molecule has 3 aromatic rings. The number of piperazine rings is 1. The van der Waals surface area contributed by atoms with E-state index < -0.39 is 0 Å². The van der Waals surface area contributed by atoms with E-state index in [1.54, 1.807) is 0 Å². The Morgan fingerprint density at radius 3 is 1.71 bits per heavy atom. The summed E-state index contributed by atoms with van der Waals surface area (Å²) >= 11 is 0. The number of carbonyl (C=O) groups excluding carboxylic acids is 1. The van der Waals surface area contributed by atoms with Crippen LogP contribution in [0.3, 0.4) is 0 Å². The van der Waals surface area contributed by atoms with Crippen molar-refractivity contribution >= 4 is 5.91 Å². The molecular formula is C29H31F2N3O. The highest BCUT2D eigenvalue weighted by molar-refractivity contribution is 5.94. The monoisotopic (exact) mass is 475 g/mol. The van der Waals surface area contributed by atoms with Crippen LogP contribution in [-0.4, -0.2) is 59.9 Å². The minimum Gasteiger partial charge on any atom is -0.339 e. The van der Waals surface area contributed by atoms with Gasteiger partial charge in [-0.1, -0.05) is 36.4 Å². The van der Waals surface area contributed by atoms with Crippen LogP contribution in [0, 0.1) is 11.6 Å². The normalized spacial score (nSPS) is 17.3. The van der Waals surface area contributed by atoms with Crippen LogP contribution in [0.25, 0.3) is 0 Å². The highest BCUT2D eigenvalue weighted by Gasteiger charge is 2.27. The second kappa shape index (κ2) is 10.7. The highest BCUT2D eigenvalue weighted by Crippen LogP contribution is 2.30. The number of benzene rings is 3. The summed E-state index contributed by atoms with van der Waals surface area (Å²) in [6.45, 7) is 6.06. The molecule has 6 heteroatoms. The average molecular weight is 476 g/mol. The Balaban J connectivity index is 1.23. The van der Waals surface area contributed by atoms with Gasteiger partial charge in [0.25, 0.3) is 5.91 Å². The Labute approximate surface area is 205 Å². The highest BCUT2D eigenvalue weighted by atomic mass is 19.1. The molecule has 2 saturated heterocycles. The van der Waals surface area contributed by atoms with Crippen LogP contribution in [-0.2, 0) is 6.54 Å². The standard InChI is InChI=1S/C29H31F2N3O/c30-26-11-7-23(8-12-26)28(24-9-13-27(31)14-10-24)33-19-17-32(18-20-33)21-22-3-5-25(6-4-22)29(35)34-15-1-2-16-34/h3-14,28H,1-2,15-21H2. The van der Waals surface area contributed by atoms with Crippen molar-refractivity contribution in [1.82, 2.24) is 14.7 Å². The van der Waals surface area contributed by atoms with E-state index in [-0.39, 0.29) is 23.6 Å². The molecule has 0 N–H and O–H groups in total. The second-order valence-corrected chi connectivity index (χ2v) is 9.51. The van der Waals surface area contributed by atoms with Gasteiger partial charge in [0.1, 0.15) is 11.6 Å². The van der Waals surface area contributed by atoms with E-state index in [1.165, 1.54) is 29.8 Å². The van der Waals surface area contributed by atoms with Crippen molar-refractivity contribution < 1.29 is 13.6 Å². The molecule has 0 bridgehead atoms. The largest absolute Gasteiger partial charge is 0.339 e. The van der Waals surface area contributed by atoms with Crippen molar-refractivity contribution in [2.75, 3.05) is 39.3 Å². The van der Waals surface area contributed by atoms with Crippen LogP contribution in [0.5, 0.6) is 0 Å². The molecule has 5 rings (SSSR count). The maximum absolute atomic E-state index is 13.6. The van der Waals surface area contributed by atoms with Crippen molar-refractivity contribution in [3.8, 4) is 0 Å². The van der Waals surface area contributed by atoms with Crippen LogP contribution >= 0.6 is 0 Å². The maximum Gasteiger partial charge on any atom is 0.253 e. The molecule has 0 spiro atoms. The number of nitrogens with zero attached hydrogens (tertiary/aromatic N) is 3. The average Bonchev–Trinajstić information content (AvgIpc) is 3.43. The summed E-state index contributed by atoms with van der Waals surface area (Å²) in [7, 11) is 0.